The van der Waals surface area contributed by atoms with Crippen molar-refractivity contribution in [3.05, 3.63) is 30.3 Å². The number of hydrazone groups is 1. The zero-order valence-corrected chi connectivity index (χ0v) is 6.20. The van der Waals surface area contributed by atoms with Gasteiger partial charge < -0.3 is 0 Å². The van der Waals surface area contributed by atoms with Gasteiger partial charge in [0.1, 0.15) is 0 Å². The number of hydrogen-bond acceptors (Lipinski definition) is 2. The largest absolute Gasteiger partial charge is 0.265 e. The molecule has 1 heterocycles. The summed E-state index contributed by atoms with van der Waals surface area (Å²) in [5, 5.41) is 6.18. The smallest absolute Gasteiger partial charge is 0.0600 e. The van der Waals surface area contributed by atoms with Crippen molar-refractivity contribution in [1.29, 1.82) is 0 Å². The van der Waals surface area contributed by atoms with Gasteiger partial charge in [0.25, 0.3) is 0 Å². The lowest BCUT2D eigenvalue weighted by Gasteiger charge is -2.12. The molecule has 0 N–H and O–H groups in total. The molecule has 1 aromatic carbocycles. The molecule has 55 valence electrons. The summed E-state index contributed by atoms with van der Waals surface area (Å²) in [4.78, 5) is 0. The van der Waals surface area contributed by atoms with Crippen LogP contribution in [-0.2, 0) is 0 Å². The number of anilines is 1. The van der Waals surface area contributed by atoms with Crippen LogP contribution in [0, 0.1) is 6.07 Å². The van der Waals surface area contributed by atoms with Gasteiger partial charge in [0.2, 0.25) is 0 Å². The first-order valence-corrected chi connectivity index (χ1v) is 3.73. The van der Waals surface area contributed by atoms with Crippen molar-refractivity contribution in [1.82, 2.24) is 0 Å². The molecular weight excluding hydrogens is 136 g/mol. The predicted molar refractivity (Wildman–Crippen MR) is 45.7 cm³/mol. The van der Waals surface area contributed by atoms with Crippen molar-refractivity contribution >= 4 is 11.9 Å². The van der Waals surface area contributed by atoms with Crippen molar-refractivity contribution < 1.29 is 0 Å². The fraction of sp³-hybridized carbons (Fsp3) is 0.222. The molecule has 11 heavy (non-hydrogen) atoms. The predicted octanol–water partition coefficient (Wildman–Crippen LogP) is 1.68. The van der Waals surface area contributed by atoms with Crippen molar-refractivity contribution in [2.45, 2.75) is 6.42 Å². The Morgan fingerprint density at radius 2 is 2.55 bits per heavy atom. The molecule has 0 spiro atoms. The lowest BCUT2D eigenvalue weighted by molar-refractivity contribution is 0.922. The second-order valence-corrected chi connectivity index (χ2v) is 2.47. The van der Waals surface area contributed by atoms with Crippen LogP contribution in [0.15, 0.2) is 29.4 Å². The second kappa shape index (κ2) is 2.74. The molecule has 0 aliphatic carbocycles. The van der Waals surface area contributed by atoms with Crippen molar-refractivity contribution in [3.63, 3.8) is 0 Å². The molecule has 0 atom stereocenters. The second-order valence-electron chi connectivity index (χ2n) is 2.47. The van der Waals surface area contributed by atoms with Crippen molar-refractivity contribution in [2.75, 3.05) is 11.6 Å². The molecule has 0 aromatic heterocycles. The molecule has 2 heteroatoms. The minimum atomic E-state index is 0.998. The van der Waals surface area contributed by atoms with Gasteiger partial charge in [0.15, 0.2) is 0 Å². The third-order valence-corrected chi connectivity index (χ3v) is 1.68. The first-order valence-electron chi connectivity index (χ1n) is 3.73. The van der Waals surface area contributed by atoms with Crippen LogP contribution in [0.4, 0.5) is 5.69 Å². The highest BCUT2D eigenvalue weighted by molar-refractivity contribution is 5.65. The standard InChI is InChI=1S/C9H9N2/c1-2-5-9(6-3-1)11-8-4-7-10-11/h1-2,5-7H,4,8H2. The van der Waals surface area contributed by atoms with Gasteiger partial charge in [0.05, 0.1) is 5.69 Å². The summed E-state index contributed by atoms with van der Waals surface area (Å²) in [5.74, 6) is 0. The molecule has 1 aliphatic rings. The van der Waals surface area contributed by atoms with E-state index >= 15 is 0 Å². The minimum absolute atomic E-state index is 0.998. The van der Waals surface area contributed by atoms with Crippen LogP contribution in [-0.4, -0.2) is 12.8 Å². The molecule has 2 rings (SSSR count). The number of hydrogen-bond donors (Lipinski definition) is 0. The van der Waals surface area contributed by atoms with E-state index in [9.17, 15) is 0 Å². The quantitative estimate of drug-likeness (QED) is 0.587. The third-order valence-electron chi connectivity index (χ3n) is 1.68. The van der Waals surface area contributed by atoms with E-state index in [2.05, 4.69) is 11.2 Å². The third kappa shape index (κ3) is 1.24. The van der Waals surface area contributed by atoms with Gasteiger partial charge in [-0.3, -0.25) is 5.01 Å². The Bertz CT molecular complexity index is 254. The molecule has 0 fully saturated rings. The van der Waals surface area contributed by atoms with Crippen LogP contribution in [0.3, 0.4) is 0 Å². The fourth-order valence-electron chi connectivity index (χ4n) is 1.13. The topological polar surface area (TPSA) is 15.6 Å². The van der Waals surface area contributed by atoms with Gasteiger partial charge in [0, 0.05) is 19.2 Å². The highest BCUT2D eigenvalue weighted by Gasteiger charge is 2.06. The monoisotopic (exact) mass is 145 g/mol. The Kier molecular flexibility index (Phi) is 1.60. The molecule has 2 nitrogen and oxygen atoms in total. The molecular formula is C9H9N2. The molecule has 0 bridgehead atoms. The van der Waals surface area contributed by atoms with Gasteiger partial charge >= 0.3 is 0 Å². The van der Waals surface area contributed by atoms with E-state index < -0.39 is 0 Å². The lowest BCUT2D eigenvalue weighted by atomic mass is 10.3. The van der Waals surface area contributed by atoms with Gasteiger partial charge in [-0.05, 0) is 18.2 Å². The number of benzene rings is 1. The molecule has 1 aliphatic heterocycles. The molecule has 0 unspecified atom stereocenters. The average Bonchev–Trinajstić information content (AvgIpc) is 2.58. The molecule has 0 saturated heterocycles. The summed E-state index contributed by atoms with van der Waals surface area (Å²) >= 11 is 0. The molecule has 1 radical (unpaired) electrons. The Labute approximate surface area is 66.1 Å². The van der Waals surface area contributed by atoms with Crippen LogP contribution in [0.1, 0.15) is 6.42 Å². The van der Waals surface area contributed by atoms with Crippen LogP contribution in [0.5, 0.6) is 0 Å². The Balaban J connectivity index is 2.23. The van der Waals surface area contributed by atoms with Crippen LogP contribution < -0.4 is 5.01 Å². The summed E-state index contributed by atoms with van der Waals surface area (Å²) in [5.41, 5.74) is 1.13. The number of nitrogens with zero attached hydrogens (tertiary/aromatic N) is 2. The van der Waals surface area contributed by atoms with Crippen LogP contribution in [0.25, 0.3) is 0 Å². The number of rotatable bonds is 1. The maximum absolute atomic E-state index is 4.19. The van der Waals surface area contributed by atoms with E-state index in [1.54, 1.807) is 0 Å². The van der Waals surface area contributed by atoms with Crippen LogP contribution >= 0.6 is 0 Å². The van der Waals surface area contributed by atoms with E-state index in [1.165, 1.54) is 0 Å². The minimum Gasteiger partial charge on any atom is -0.265 e. The fourth-order valence-corrected chi connectivity index (χ4v) is 1.13. The van der Waals surface area contributed by atoms with Gasteiger partial charge in [-0.2, -0.15) is 5.10 Å². The summed E-state index contributed by atoms with van der Waals surface area (Å²) in [6.45, 7) is 0.998. The summed E-state index contributed by atoms with van der Waals surface area (Å²) in [6.07, 6.45) is 2.99. The highest BCUT2D eigenvalue weighted by atomic mass is 15.5. The highest BCUT2D eigenvalue weighted by Crippen LogP contribution is 2.15. The van der Waals surface area contributed by atoms with E-state index in [4.69, 9.17) is 0 Å². The van der Waals surface area contributed by atoms with Gasteiger partial charge in [-0.15, -0.1) is 0 Å². The zero-order chi connectivity index (χ0) is 7.52. The average molecular weight is 145 g/mol. The Morgan fingerprint density at radius 1 is 1.55 bits per heavy atom. The summed E-state index contributed by atoms with van der Waals surface area (Å²) in [7, 11) is 0. The Morgan fingerprint density at radius 3 is 3.18 bits per heavy atom. The normalized spacial score (nSPS) is 15.8. The first-order chi connectivity index (χ1) is 5.47. The van der Waals surface area contributed by atoms with Crippen molar-refractivity contribution in [3.8, 4) is 0 Å². The van der Waals surface area contributed by atoms with E-state index in [0.717, 1.165) is 18.7 Å². The molecule has 1 aromatic rings. The summed E-state index contributed by atoms with van der Waals surface area (Å²) < 4.78 is 0. The van der Waals surface area contributed by atoms with Gasteiger partial charge in [-0.1, -0.05) is 12.1 Å². The maximum Gasteiger partial charge on any atom is 0.0600 e. The molecule has 0 amide bonds. The van der Waals surface area contributed by atoms with E-state index in [1.807, 2.05) is 35.5 Å². The van der Waals surface area contributed by atoms with E-state index in [-0.39, 0.29) is 0 Å². The summed E-state index contributed by atoms with van der Waals surface area (Å²) in [6, 6.07) is 10.9. The zero-order valence-electron chi connectivity index (χ0n) is 6.20. The maximum atomic E-state index is 4.19. The van der Waals surface area contributed by atoms with E-state index in [0.29, 0.717) is 0 Å². The lowest BCUT2D eigenvalue weighted by Crippen LogP contribution is -2.11. The van der Waals surface area contributed by atoms with Gasteiger partial charge in [-0.25, -0.2) is 0 Å². The van der Waals surface area contributed by atoms with Crippen LogP contribution in [0.2, 0.25) is 0 Å². The SMILES string of the molecule is [c]1cccc(N2CCC=N2)c1. The van der Waals surface area contributed by atoms with Crippen molar-refractivity contribution in [2.24, 2.45) is 5.10 Å². The molecule has 0 saturated carbocycles. The Hall–Kier alpha value is -1.31. The first kappa shape index (κ1) is 6.40.